The van der Waals surface area contributed by atoms with Gasteiger partial charge in [0.2, 0.25) is 0 Å². The zero-order valence-electron chi connectivity index (χ0n) is 13.7. The van der Waals surface area contributed by atoms with E-state index >= 15 is 0 Å². The van der Waals surface area contributed by atoms with Crippen molar-refractivity contribution in [3.8, 4) is 0 Å². The van der Waals surface area contributed by atoms with Crippen LogP contribution in [0.5, 0.6) is 0 Å². The van der Waals surface area contributed by atoms with Crippen LogP contribution in [0.15, 0.2) is 12.2 Å². The maximum absolute atomic E-state index is 11.5. The van der Waals surface area contributed by atoms with E-state index in [9.17, 15) is 19.2 Å². The maximum Gasteiger partial charge on any atom is 0.407 e. The number of amides is 3. The van der Waals surface area contributed by atoms with E-state index in [1.807, 2.05) is 13.0 Å². The van der Waals surface area contributed by atoms with Gasteiger partial charge in [0.25, 0.3) is 11.8 Å². The Morgan fingerprint density at radius 1 is 1.25 bits per heavy atom. The van der Waals surface area contributed by atoms with Crippen molar-refractivity contribution in [3.63, 3.8) is 0 Å². The second-order valence-electron chi connectivity index (χ2n) is 5.97. The van der Waals surface area contributed by atoms with Gasteiger partial charge in [-0.2, -0.15) is 0 Å². The standard InChI is InChI=1S/C16H22N2O6/c1-2-6-16(7-8-16)9-11-23-15(22)17-10-5-14(21)24-18-12(19)3-4-13(18)20/h2,6H,3-5,7-11H2,1H3,(H,17,22)/b6-2+. The van der Waals surface area contributed by atoms with Crippen LogP contribution in [0, 0.1) is 5.41 Å². The van der Waals surface area contributed by atoms with Crippen LogP contribution in [0.4, 0.5) is 4.79 Å². The van der Waals surface area contributed by atoms with Gasteiger partial charge < -0.3 is 14.9 Å². The van der Waals surface area contributed by atoms with E-state index in [1.165, 1.54) is 0 Å². The van der Waals surface area contributed by atoms with E-state index in [-0.39, 0.29) is 31.2 Å². The summed E-state index contributed by atoms with van der Waals surface area (Å²) in [5, 5.41) is 2.91. The Hall–Kier alpha value is -2.38. The third-order valence-electron chi connectivity index (χ3n) is 4.04. The third kappa shape index (κ3) is 5.07. The van der Waals surface area contributed by atoms with Crippen LogP contribution >= 0.6 is 0 Å². The molecule has 1 aliphatic carbocycles. The SMILES string of the molecule is C/C=C/C1(CCOC(=O)NCCC(=O)ON2C(=O)CCC2=O)CC1. The summed E-state index contributed by atoms with van der Waals surface area (Å²) in [6.07, 6.45) is 6.49. The quantitative estimate of drug-likeness (QED) is 0.531. The molecule has 3 amide bonds. The molecule has 1 heterocycles. The molecule has 2 fully saturated rings. The zero-order chi connectivity index (χ0) is 17.6. The Balaban J connectivity index is 1.56. The molecule has 1 N–H and O–H groups in total. The Bertz CT molecular complexity index is 537. The number of imide groups is 1. The molecule has 1 saturated heterocycles. The topological polar surface area (TPSA) is 102 Å². The van der Waals surface area contributed by atoms with Crippen molar-refractivity contribution in [1.29, 1.82) is 0 Å². The van der Waals surface area contributed by atoms with Gasteiger partial charge in [-0.25, -0.2) is 9.59 Å². The molecule has 1 aliphatic heterocycles. The minimum atomic E-state index is -0.760. The molecule has 0 bridgehead atoms. The molecule has 0 aromatic rings. The Labute approximate surface area is 140 Å². The third-order valence-corrected chi connectivity index (χ3v) is 4.04. The molecule has 2 rings (SSSR count). The lowest BCUT2D eigenvalue weighted by Crippen LogP contribution is -2.34. The van der Waals surface area contributed by atoms with Crippen molar-refractivity contribution >= 4 is 23.9 Å². The second kappa shape index (κ2) is 7.94. The summed E-state index contributed by atoms with van der Waals surface area (Å²) in [5.74, 6) is -1.82. The highest BCUT2D eigenvalue weighted by Gasteiger charge is 2.39. The number of nitrogens with zero attached hydrogens (tertiary/aromatic N) is 1. The number of rotatable bonds is 8. The smallest absolute Gasteiger partial charge is 0.407 e. The lowest BCUT2D eigenvalue weighted by atomic mass is 10.0. The summed E-state index contributed by atoms with van der Waals surface area (Å²) >= 11 is 0. The van der Waals surface area contributed by atoms with Crippen molar-refractivity contribution < 1.29 is 28.8 Å². The van der Waals surface area contributed by atoms with Crippen LogP contribution < -0.4 is 5.32 Å². The van der Waals surface area contributed by atoms with Crippen LogP contribution in [0.3, 0.4) is 0 Å². The predicted octanol–water partition coefficient (Wildman–Crippen LogP) is 1.46. The molecule has 0 atom stereocenters. The molecular weight excluding hydrogens is 316 g/mol. The van der Waals surface area contributed by atoms with E-state index in [0.29, 0.717) is 11.7 Å². The summed E-state index contributed by atoms with van der Waals surface area (Å²) in [4.78, 5) is 50.3. The number of hydroxylamine groups is 2. The molecule has 132 valence electrons. The van der Waals surface area contributed by atoms with Gasteiger partial charge in [0, 0.05) is 19.4 Å². The van der Waals surface area contributed by atoms with E-state index < -0.39 is 23.9 Å². The molecule has 0 aromatic heterocycles. The first-order valence-electron chi connectivity index (χ1n) is 8.07. The minimum absolute atomic E-state index is 0.00783. The molecule has 0 radical (unpaired) electrons. The van der Waals surface area contributed by atoms with Crippen molar-refractivity contribution in [2.24, 2.45) is 5.41 Å². The fourth-order valence-corrected chi connectivity index (χ4v) is 2.48. The summed E-state index contributed by atoms with van der Waals surface area (Å²) in [5.41, 5.74) is 0.188. The highest BCUT2D eigenvalue weighted by Crippen LogP contribution is 2.50. The van der Waals surface area contributed by atoms with Gasteiger partial charge in [-0.05, 0) is 31.6 Å². The van der Waals surface area contributed by atoms with Crippen LogP contribution in [0.25, 0.3) is 0 Å². The van der Waals surface area contributed by atoms with E-state index in [1.54, 1.807) is 0 Å². The minimum Gasteiger partial charge on any atom is -0.450 e. The average molecular weight is 338 g/mol. The number of carbonyl (C=O) groups excluding carboxylic acids is 4. The summed E-state index contributed by atoms with van der Waals surface area (Å²) < 4.78 is 5.06. The van der Waals surface area contributed by atoms with Crippen molar-refractivity contribution in [2.75, 3.05) is 13.2 Å². The lowest BCUT2D eigenvalue weighted by Gasteiger charge is -2.13. The second-order valence-corrected chi connectivity index (χ2v) is 5.97. The molecule has 8 nitrogen and oxygen atoms in total. The molecule has 1 saturated carbocycles. The lowest BCUT2D eigenvalue weighted by molar-refractivity contribution is -0.197. The first-order chi connectivity index (χ1) is 11.5. The van der Waals surface area contributed by atoms with E-state index in [4.69, 9.17) is 4.74 Å². The zero-order valence-corrected chi connectivity index (χ0v) is 13.7. The average Bonchev–Trinajstić information content (AvgIpc) is 3.22. The van der Waals surface area contributed by atoms with Gasteiger partial charge in [-0.15, -0.1) is 5.06 Å². The first kappa shape index (κ1) is 18.0. The predicted molar refractivity (Wildman–Crippen MR) is 82.2 cm³/mol. The summed E-state index contributed by atoms with van der Waals surface area (Å²) in [7, 11) is 0. The number of alkyl carbamates (subject to hydrolysis) is 1. The molecule has 0 unspecified atom stereocenters. The maximum atomic E-state index is 11.5. The van der Waals surface area contributed by atoms with Gasteiger partial charge in [-0.3, -0.25) is 9.59 Å². The Kier molecular flexibility index (Phi) is 5.94. The molecular formula is C16H22N2O6. The van der Waals surface area contributed by atoms with E-state index in [0.717, 1.165) is 19.3 Å². The van der Waals surface area contributed by atoms with Gasteiger partial charge in [0.1, 0.15) is 0 Å². The molecule has 8 heteroatoms. The van der Waals surface area contributed by atoms with Crippen molar-refractivity contribution in [3.05, 3.63) is 12.2 Å². The van der Waals surface area contributed by atoms with Crippen LogP contribution in [-0.2, 0) is 24.0 Å². The van der Waals surface area contributed by atoms with Crippen molar-refractivity contribution in [2.45, 2.75) is 45.4 Å². The van der Waals surface area contributed by atoms with Crippen LogP contribution in [-0.4, -0.2) is 42.1 Å². The van der Waals surface area contributed by atoms with Gasteiger partial charge in [0.15, 0.2) is 0 Å². The highest BCUT2D eigenvalue weighted by molar-refractivity contribution is 6.01. The molecule has 0 aromatic carbocycles. The van der Waals surface area contributed by atoms with Gasteiger partial charge in [-0.1, -0.05) is 12.2 Å². The Morgan fingerprint density at radius 2 is 1.92 bits per heavy atom. The number of carbonyl (C=O) groups is 4. The van der Waals surface area contributed by atoms with Gasteiger partial charge >= 0.3 is 12.1 Å². The number of hydrogen-bond acceptors (Lipinski definition) is 6. The molecule has 24 heavy (non-hydrogen) atoms. The van der Waals surface area contributed by atoms with Crippen LogP contribution in [0.2, 0.25) is 0 Å². The monoisotopic (exact) mass is 338 g/mol. The van der Waals surface area contributed by atoms with Gasteiger partial charge in [0.05, 0.1) is 13.0 Å². The number of allylic oxidation sites excluding steroid dienone is 2. The van der Waals surface area contributed by atoms with E-state index in [2.05, 4.69) is 16.2 Å². The summed E-state index contributed by atoms with van der Waals surface area (Å²) in [6, 6.07) is 0. The molecule has 2 aliphatic rings. The molecule has 0 spiro atoms. The Morgan fingerprint density at radius 3 is 2.50 bits per heavy atom. The first-order valence-corrected chi connectivity index (χ1v) is 8.07. The highest BCUT2D eigenvalue weighted by atomic mass is 16.7. The van der Waals surface area contributed by atoms with Crippen molar-refractivity contribution in [1.82, 2.24) is 10.4 Å². The largest absolute Gasteiger partial charge is 0.450 e. The fourth-order valence-electron chi connectivity index (χ4n) is 2.48. The fraction of sp³-hybridized carbons (Fsp3) is 0.625. The number of nitrogens with one attached hydrogen (secondary N) is 1. The normalized spacial score (nSPS) is 18.8. The summed E-state index contributed by atoms with van der Waals surface area (Å²) in [6.45, 7) is 2.29. The van der Waals surface area contributed by atoms with Crippen LogP contribution in [0.1, 0.15) is 45.4 Å². The number of hydrogen-bond donors (Lipinski definition) is 1. The number of ether oxygens (including phenoxy) is 1.